The molecule has 0 radical (unpaired) electrons. The molecule has 0 aliphatic carbocycles. The van der Waals surface area contributed by atoms with E-state index in [1.54, 1.807) is 0 Å². The van der Waals surface area contributed by atoms with Gasteiger partial charge in [-0.05, 0) is 0 Å². The van der Waals surface area contributed by atoms with E-state index in [1.807, 2.05) is 46.5 Å². The van der Waals surface area contributed by atoms with Crippen molar-refractivity contribution in [3.05, 3.63) is 43.2 Å². The zero-order chi connectivity index (χ0) is 18.1. The van der Waals surface area contributed by atoms with Crippen molar-refractivity contribution in [1.82, 2.24) is 18.3 Å². The van der Waals surface area contributed by atoms with Crippen LogP contribution < -0.4 is 0 Å². The van der Waals surface area contributed by atoms with Gasteiger partial charge in [-0.1, -0.05) is 0 Å². The van der Waals surface area contributed by atoms with Crippen LogP contribution in [0.3, 0.4) is 0 Å². The molecule has 2 aromatic heterocycles. The maximum absolute atomic E-state index is 8.25. The molecule has 0 amide bonds. The Bertz CT molecular complexity index is 778. The molecule has 23 heavy (non-hydrogen) atoms. The molecular formula is C10H12AuCl4N5O3-4. The number of aromatic nitrogens is 4. The quantitative estimate of drug-likeness (QED) is 0.269. The second kappa shape index (κ2) is 8.06. The monoisotopic (exact) mass is 587 g/mol. The first-order valence-electron chi connectivity index (χ1n) is 5.68. The molecule has 0 fully saturated rings. The minimum absolute atomic E-state index is 0.403. The molecule has 0 saturated carbocycles. The Hall–Kier alpha value is -0.480. The van der Waals surface area contributed by atoms with Crippen molar-refractivity contribution >= 4 is 46.4 Å². The summed E-state index contributed by atoms with van der Waals surface area (Å²) < 4.78 is 9.67. The Morgan fingerprint density at radius 1 is 0.739 bits per heavy atom. The van der Waals surface area contributed by atoms with Gasteiger partial charge in [-0.3, -0.25) is 0 Å². The molecule has 0 aliphatic heterocycles. The van der Waals surface area contributed by atoms with Crippen LogP contribution >= 0.6 is 46.4 Å². The smallest absolute Gasteiger partial charge is 0.0689 e. The van der Waals surface area contributed by atoms with Crippen LogP contribution in [-0.2, 0) is 47.0 Å². The first-order valence-corrected chi connectivity index (χ1v) is 9.36. The maximum atomic E-state index is 8.25. The molecule has 2 heterocycles. The van der Waals surface area contributed by atoms with E-state index in [4.69, 9.17) is 61.7 Å². The normalized spacial score (nSPS) is 10.6. The minimum atomic E-state index is -1.75. The number of rotatable bonds is 0. The zero-order valence-corrected chi connectivity index (χ0v) is 17.5. The van der Waals surface area contributed by atoms with Gasteiger partial charge in [-0.2, -0.15) is 0 Å². The van der Waals surface area contributed by atoms with Crippen molar-refractivity contribution in [2.45, 2.75) is 0 Å². The van der Waals surface area contributed by atoms with Crippen molar-refractivity contribution in [3.8, 4) is 0 Å². The SMILES string of the molecule is Cn1c(Cl)c(Cl)n(C)[c]1=[Au-3]=[c]1n(C)c(Cl)c(Cl)n1C.O=[N+]([O-])[O-]. The number of hydrogen-bond acceptors (Lipinski definition) is 3. The van der Waals surface area contributed by atoms with E-state index in [1.165, 1.54) is 0 Å². The van der Waals surface area contributed by atoms with Crippen LogP contribution in [0, 0.1) is 22.6 Å². The molecule has 138 valence electrons. The third kappa shape index (κ3) is 4.33. The fraction of sp³-hybridized carbons (Fsp3) is 0.400. The summed E-state index contributed by atoms with van der Waals surface area (Å²) in [5, 5.41) is 16.9. The van der Waals surface area contributed by atoms with Crippen LogP contribution in [-0.4, -0.2) is 23.4 Å². The predicted molar refractivity (Wildman–Crippen MR) is 85.7 cm³/mol. The molecule has 2 aromatic rings. The molecule has 0 bridgehead atoms. The van der Waals surface area contributed by atoms with Gasteiger partial charge < -0.3 is 15.3 Å². The van der Waals surface area contributed by atoms with Gasteiger partial charge in [0.2, 0.25) is 0 Å². The van der Waals surface area contributed by atoms with E-state index in [0.29, 0.717) is 20.6 Å². The van der Waals surface area contributed by atoms with Crippen molar-refractivity contribution in [3.63, 3.8) is 0 Å². The Balaban J connectivity index is 0.000000593. The average Bonchev–Trinajstić information content (AvgIpc) is 2.76. The summed E-state index contributed by atoms with van der Waals surface area (Å²) in [5.41, 5.74) is 0. The van der Waals surface area contributed by atoms with Gasteiger partial charge >= 0.3 is 140 Å². The van der Waals surface area contributed by atoms with Crippen LogP contribution in [0.5, 0.6) is 0 Å². The number of imidazole rings is 2. The summed E-state index contributed by atoms with van der Waals surface area (Å²) in [6, 6.07) is 0. The molecule has 13 heteroatoms. The second-order valence-electron chi connectivity index (χ2n) is 4.17. The second-order valence-corrected chi connectivity index (χ2v) is 8.08. The van der Waals surface area contributed by atoms with Gasteiger partial charge in [0, 0.05) is 0 Å². The largest absolute Gasteiger partial charge is 0.356 e. The molecule has 0 aromatic carbocycles. The van der Waals surface area contributed by atoms with Crippen LogP contribution in [0.2, 0.25) is 20.6 Å². The van der Waals surface area contributed by atoms with Crippen molar-refractivity contribution in [2.75, 3.05) is 0 Å². The fourth-order valence-electron chi connectivity index (χ4n) is 1.56. The number of hydrogen-bond donors (Lipinski definition) is 0. The van der Waals surface area contributed by atoms with Crippen molar-refractivity contribution < 1.29 is 23.9 Å². The molecule has 8 nitrogen and oxygen atoms in total. The van der Waals surface area contributed by atoms with E-state index in [-0.39, 0.29) is 0 Å². The molecule has 0 aliphatic rings. The standard InChI is InChI=1S/2C5H6Cl2N2.Au.NO3/c2*1-8-3-9(2)5(7)4(8)6;;2-1(3)4/h2*1-2H3;;/q;;-3;-1. The summed E-state index contributed by atoms with van der Waals surface area (Å²) >= 11 is 24.2. The van der Waals surface area contributed by atoms with Crippen molar-refractivity contribution in [2.24, 2.45) is 28.2 Å². The van der Waals surface area contributed by atoms with Gasteiger partial charge in [0.1, 0.15) is 0 Å². The van der Waals surface area contributed by atoms with Crippen molar-refractivity contribution in [1.29, 1.82) is 0 Å². The van der Waals surface area contributed by atoms with Gasteiger partial charge in [-0.15, -0.1) is 0 Å². The van der Waals surface area contributed by atoms with Crippen LogP contribution in [0.1, 0.15) is 0 Å². The van der Waals surface area contributed by atoms with E-state index >= 15 is 0 Å². The van der Waals surface area contributed by atoms with Crippen LogP contribution in [0.15, 0.2) is 0 Å². The molecule has 0 N–H and O–H groups in total. The third-order valence-corrected chi connectivity index (χ3v) is 8.46. The van der Waals surface area contributed by atoms with E-state index in [0.717, 1.165) is 7.26 Å². The summed E-state index contributed by atoms with van der Waals surface area (Å²) in [6.45, 7) is 0. The molecule has 0 unspecified atom stereocenters. The van der Waals surface area contributed by atoms with Crippen LogP contribution in [0.4, 0.5) is 0 Å². The Morgan fingerprint density at radius 3 is 1.09 bits per heavy atom. The molecule has 0 spiro atoms. The summed E-state index contributed by atoms with van der Waals surface area (Å²) in [7, 11) is 7.58. The molecule has 2 rings (SSSR count). The Morgan fingerprint density at radius 2 is 0.913 bits per heavy atom. The zero-order valence-electron chi connectivity index (χ0n) is 12.3. The number of halogens is 4. The first kappa shape index (κ1) is 20.6. The summed E-state index contributed by atoms with van der Waals surface area (Å²) in [5.74, 6) is 0. The average molecular weight is 589 g/mol. The summed E-state index contributed by atoms with van der Waals surface area (Å²) in [6.07, 6.45) is 0. The van der Waals surface area contributed by atoms with E-state index in [2.05, 4.69) is 0 Å². The first-order chi connectivity index (χ1) is 10.5. The Kier molecular flexibility index (Phi) is 7.21. The fourth-order valence-corrected chi connectivity index (χ4v) is 5.79. The molecular weight excluding hydrogens is 577 g/mol. The molecule has 0 saturated heterocycles. The van der Waals surface area contributed by atoms with Gasteiger partial charge in [0.25, 0.3) is 0 Å². The van der Waals surface area contributed by atoms with E-state index < -0.39 is 23.9 Å². The van der Waals surface area contributed by atoms with Crippen LogP contribution in [0.25, 0.3) is 0 Å². The predicted octanol–water partition coefficient (Wildman–Crippen LogP) is 3.26. The molecule has 0 atom stereocenters. The maximum Gasteiger partial charge on any atom is 0.0689 e. The Labute approximate surface area is 159 Å². The summed E-state index contributed by atoms with van der Waals surface area (Å²) in [4.78, 5) is 8.25. The van der Waals surface area contributed by atoms with Gasteiger partial charge in [-0.25, -0.2) is 0 Å². The van der Waals surface area contributed by atoms with Gasteiger partial charge in [0.15, 0.2) is 0 Å². The van der Waals surface area contributed by atoms with E-state index in [9.17, 15) is 0 Å². The number of nitrogens with zero attached hydrogens (tertiary/aromatic N) is 5. The van der Waals surface area contributed by atoms with Gasteiger partial charge in [0.05, 0.1) is 5.09 Å². The third-order valence-electron chi connectivity index (χ3n) is 2.66. The topological polar surface area (TPSA) is 85.9 Å². The minimum Gasteiger partial charge on any atom is -0.356 e.